The molecule has 2 amide bonds. The van der Waals surface area contributed by atoms with Crippen molar-refractivity contribution < 1.29 is 9.59 Å². The summed E-state index contributed by atoms with van der Waals surface area (Å²) in [6.07, 6.45) is 0.886. The first-order chi connectivity index (χ1) is 12.9. The number of para-hydroxylation sites is 2. The predicted octanol–water partition coefficient (Wildman–Crippen LogP) is 4.00. The molecule has 6 nitrogen and oxygen atoms in total. The van der Waals surface area contributed by atoms with Gasteiger partial charge in [-0.2, -0.15) is 0 Å². The zero-order valence-electron chi connectivity index (χ0n) is 15.8. The standard InChI is InChI=1S/C20H24N4O2S/c1-20(2,3)24-15-9-5-4-8-14(15)22-19(24)23-17(25)11-6-12-21-18(26)16-10-7-13-27-16/h4-5,7-10,13H,6,11-12H2,1-3H3,(H,21,26)(H,22,23,25). The van der Waals surface area contributed by atoms with Crippen molar-refractivity contribution in [3.05, 3.63) is 46.7 Å². The molecule has 3 aromatic rings. The Kier molecular flexibility index (Phi) is 5.60. The van der Waals surface area contributed by atoms with Gasteiger partial charge in [0, 0.05) is 18.5 Å². The summed E-state index contributed by atoms with van der Waals surface area (Å²) in [5.41, 5.74) is 1.63. The Morgan fingerprint density at radius 2 is 1.93 bits per heavy atom. The number of aromatic nitrogens is 2. The van der Waals surface area contributed by atoms with E-state index in [1.165, 1.54) is 11.3 Å². The second-order valence-electron chi connectivity index (χ2n) is 7.32. The number of hydrogen-bond acceptors (Lipinski definition) is 4. The zero-order chi connectivity index (χ0) is 19.4. The van der Waals surface area contributed by atoms with Crippen molar-refractivity contribution in [3.8, 4) is 0 Å². The number of benzene rings is 1. The van der Waals surface area contributed by atoms with Gasteiger partial charge >= 0.3 is 0 Å². The van der Waals surface area contributed by atoms with Crippen LogP contribution in [-0.2, 0) is 10.3 Å². The molecule has 2 aromatic heterocycles. The summed E-state index contributed by atoms with van der Waals surface area (Å²) in [6, 6.07) is 11.5. The third-order valence-corrected chi connectivity index (χ3v) is 4.96. The molecule has 27 heavy (non-hydrogen) atoms. The van der Waals surface area contributed by atoms with E-state index in [1.807, 2.05) is 40.3 Å². The minimum Gasteiger partial charge on any atom is -0.351 e. The fraction of sp³-hybridized carbons (Fsp3) is 0.350. The maximum absolute atomic E-state index is 12.4. The number of carbonyl (C=O) groups is 2. The Balaban J connectivity index is 1.59. The first kappa shape index (κ1) is 19.1. The summed E-state index contributed by atoms with van der Waals surface area (Å²) in [5, 5.41) is 7.62. The summed E-state index contributed by atoms with van der Waals surface area (Å²) < 4.78 is 2.04. The van der Waals surface area contributed by atoms with Crippen LogP contribution in [0.15, 0.2) is 41.8 Å². The Labute approximate surface area is 162 Å². The molecule has 2 heterocycles. The topological polar surface area (TPSA) is 76.0 Å². The number of thiophene rings is 1. The number of nitrogens with one attached hydrogen (secondary N) is 2. The summed E-state index contributed by atoms with van der Waals surface area (Å²) in [5.74, 6) is 0.345. The molecule has 0 radical (unpaired) electrons. The number of fused-ring (bicyclic) bond motifs is 1. The fourth-order valence-corrected chi connectivity index (χ4v) is 3.56. The van der Waals surface area contributed by atoms with Gasteiger partial charge in [0.2, 0.25) is 11.9 Å². The maximum atomic E-state index is 12.4. The molecule has 7 heteroatoms. The van der Waals surface area contributed by atoms with E-state index in [-0.39, 0.29) is 17.4 Å². The van der Waals surface area contributed by atoms with Crippen LogP contribution < -0.4 is 10.6 Å². The number of carbonyl (C=O) groups excluding carboxylic acids is 2. The fourth-order valence-electron chi connectivity index (χ4n) is 2.92. The SMILES string of the molecule is CC(C)(C)n1c(NC(=O)CCCNC(=O)c2cccs2)nc2ccccc21. The lowest BCUT2D eigenvalue weighted by molar-refractivity contribution is -0.116. The minimum atomic E-state index is -0.215. The molecule has 0 aliphatic rings. The number of amides is 2. The lowest BCUT2D eigenvalue weighted by Gasteiger charge is -2.24. The van der Waals surface area contributed by atoms with Crippen molar-refractivity contribution in [1.82, 2.24) is 14.9 Å². The number of nitrogens with zero attached hydrogens (tertiary/aromatic N) is 2. The average Bonchev–Trinajstić information content (AvgIpc) is 3.25. The van der Waals surface area contributed by atoms with Gasteiger partial charge in [-0.15, -0.1) is 11.3 Å². The van der Waals surface area contributed by atoms with E-state index >= 15 is 0 Å². The van der Waals surface area contributed by atoms with Gasteiger partial charge in [-0.05, 0) is 50.8 Å². The van der Waals surface area contributed by atoms with E-state index in [0.717, 1.165) is 11.0 Å². The van der Waals surface area contributed by atoms with Crippen LogP contribution in [0.5, 0.6) is 0 Å². The van der Waals surface area contributed by atoms with Crippen LogP contribution in [0, 0.1) is 0 Å². The van der Waals surface area contributed by atoms with Crippen LogP contribution in [0.25, 0.3) is 11.0 Å². The molecule has 0 aliphatic heterocycles. The average molecular weight is 385 g/mol. The highest BCUT2D eigenvalue weighted by molar-refractivity contribution is 7.12. The lowest BCUT2D eigenvalue weighted by atomic mass is 10.1. The Bertz CT molecular complexity index is 939. The first-order valence-corrected chi connectivity index (χ1v) is 9.84. The van der Waals surface area contributed by atoms with Gasteiger partial charge in [0.05, 0.1) is 15.9 Å². The first-order valence-electron chi connectivity index (χ1n) is 8.96. The summed E-state index contributed by atoms with van der Waals surface area (Å²) >= 11 is 1.40. The molecule has 0 atom stereocenters. The van der Waals surface area contributed by atoms with E-state index in [1.54, 1.807) is 6.07 Å². The molecular weight excluding hydrogens is 360 g/mol. The highest BCUT2D eigenvalue weighted by Gasteiger charge is 2.22. The normalized spacial score (nSPS) is 11.5. The predicted molar refractivity (Wildman–Crippen MR) is 109 cm³/mol. The van der Waals surface area contributed by atoms with Gasteiger partial charge in [0.15, 0.2) is 0 Å². The van der Waals surface area contributed by atoms with Crippen molar-refractivity contribution in [2.24, 2.45) is 0 Å². The van der Waals surface area contributed by atoms with E-state index in [2.05, 4.69) is 36.4 Å². The maximum Gasteiger partial charge on any atom is 0.261 e. The third kappa shape index (κ3) is 4.54. The molecule has 0 saturated heterocycles. The number of rotatable bonds is 6. The van der Waals surface area contributed by atoms with Gasteiger partial charge in [-0.1, -0.05) is 18.2 Å². The highest BCUT2D eigenvalue weighted by atomic mass is 32.1. The van der Waals surface area contributed by atoms with E-state index < -0.39 is 0 Å². The second-order valence-corrected chi connectivity index (χ2v) is 8.26. The smallest absolute Gasteiger partial charge is 0.261 e. The van der Waals surface area contributed by atoms with Gasteiger partial charge in [-0.3, -0.25) is 14.9 Å². The van der Waals surface area contributed by atoms with Crippen molar-refractivity contribution in [2.45, 2.75) is 39.2 Å². The summed E-state index contributed by atoms with van der Waals surface area (Å²) in [6.45, 7) is 6.70. The van der Waals surface area contributed by atoms with Crippen molar-refractivity contribution in [3.63, 3.8) is 0 Å². The van der Waals surface area contributed by atoms with Crippen LogP contribution in [-0.4, -0.2) is 27.9 Å². The van der Waals surface area contributed by atoms with E-state index in [4.69, 9.17) is 0 Å². The lowest BCUT2D eigenvalue weighted by Crippen LogP contribution is -2.27. The van der Waals surface area contributed by atoms with Crippen LogP contribution in [0.4, 0.5) is 5.95 Å². The van der Waals surface area contributed by atoms with Crippen molar-refractivity contribution >= 4 is 40.1 Å². The molecule has 2 N–H and O–H groups in total. The number of hydrogen-bond donors (Lipinski definition) is 2. The van der Waals surface area contributed by atoms with E-state index in [0.29, 0.717) is 30.2 Å². The van der Waals surface area contributed by atoms with Crippen LogP contribution in [0.3, 0.4) is 0 Å². The van der Waals surface area contributed by atoms with Crippen LogP contribution >= 0.6 is 11.3 Å². The van der Waals surface area contributed by atoms with Gasteiger partial charge in [0.1, 0.15) is 0 Å². The van der Waals surface area contributed by atoms with Gasteiger partial charge in [0.25, 0.3) is 5.91 Å². The Morgan fingerprint density at radius 1 is 1.15 bits per heavy atom. The van der Waals surface area contributed by atoms with E-state index in [9.17, 15) is 9.59 Å². The van der Waals surface area contributed by atoms with Gasteiger partial charge < -0.3 is 9.88 Å². The van der Waals surface area contributed by atoms with Crippen molar-refractivity contribution in [2.75, 3.05) is 11.9 Å². The molecule has 0 bridgehead atoms. The summed E-state index contributed by atoms with van der Waals surface area (Å²) in [7, 11) is 0. The zero-order valence-corrected chi connectivity index (χ0v) is 16.6. The monoisotopic (exact) mass is 384 g/mol. The molecule has 3 rings (SSSR count). The van der Waals surface area contributed by atoms with Crippen LogP contribution in [0.1, 0.15) is 43.3 Å². The van der Waals surface area contributed by atoms with Gasteiger partial charge in [-0.25, -0.2) is 4.98 Å². The Hall–Kier alpha value is -2.67. The largest absolute Gasteiger partial charge is 0.351 e. The molecule has 142 valence electrons. The molecule has 0 saturated carbocycles. The number of imidazole rings is 1. The third-order valence-electron chi connectivity index (χ3n) is 4.09. The molecule has 0 spiro atoms. The molecule has 1 aromatic carbocycles. The summed E-state index contributed by atoms with van der Waals surface area (Å²) in [4.78, 5) is 29.5. The minimum absolute atomic E-state index is 0.0973. The second kappa shape index (κ2) is 7.92. The molecule has 0 fully saturated rings. The highest BCUT2D eigenvalue weighted by Crippen LogP contribution is 2.27. The molecule has 0 unspecified atom stereocenters. The van der Waals surface area contributed by atoms with Crippen molar-refractivity contribution in [1.29, 1.82) is 0 Å². The quantitative estimate of drug-likeness (QED) is 0.631. The van der Waals surface area contributed by atoms with Crippen LogP contribution in [0.2, 0.25) is 0 Å². The Morgan fingerprint density at radius 3 is 2.63 bits per heavy atom. The number of anilines is 1. The molecule has 0 aliphatic carbocycles. The molecular formula is C20H24N4O2S.